The van der Waals surface area contributed by atoms with Gasteiger partial charge in [-0.15, -0.1) is 0 Å². The van der Waals surface area contributed by atoms with Crippen molar-refractivity contribution in [3.8, 4) is 11.8 Å². The normalized spacial score (nSPS) is 12.2. The largest absolute Gasteiger partial charge is 0.450 e. The van der Waals surface area contributed by atoms with Crippen LogP contribution >= 0.6 is 0 Å². The SMILES string of the molecule is Cc1ccccc1[C@@H](C#Cc1ccccc1)CC(=O)C(F)(F)F. The molecular weight excluding hydrogens is 301 g/mol. The summed E-state index contributed by atoms with van der Waals surface area (Å²) < 4.78 is 37.8. The van der Waals surface area contributed by atoms with Gasteiger partial charge in [-0.2, -0.15) is 13.2 Å². The van der Waals surface area contributed by atoms with Crippen molar-refractivity contribution in [2.45, 2.75) is 25.4 Å². The number of hydrogen-bond acceptors (Lipinski definition) is 1. The van der Waals surface area contributed by atoms with Gasteiger partial charge < -0.3 is 0 Å². The van der Waals surface area contributed by atoms with Crippen LogP contribution in [0.1, 0.15) is 29.0 Å². The number of alkyl halides is 3. The van der Waals surface area contributed by atoms with Gasteiger partial charge in [0.05, 0.1) is 5.92 Å². The van der Waals surface area contributed by atoms with Crippen molar-refractivity contribution >= 4 is 5.78 Å². The number of aryl methyl sites for hydroxylation is 1. The van der Waals surface area contributed by atoms with Crippen molar-refractivity contribution < 1.29 is 18.0 Å². The summed E-state index contributed by atoms with van der Waals surface area (Å²) in [6.07, 6.45) is -5.51. The molecule has 0 spiro atoms. The van der Waals surface area contributed by atoms with Crippen LogP contribution in [0.5, 0.6) is 0 Å². The molecule has 0 aliphatic carbocycles. The quantitative estimate of drug-likeness (QED) is 0.753. The van der Waals surface area contributed by atoms with Gasteiger partial charge in [0.1, 0.15) is 0 Å². The highest BCUT2D eigenvalue weighted by Crippen LogP contribution is 2.27. The molecule has 1 atom stereocenters. The number of carbonyl (C=O) groups excluding carboxylic acids is 1. The maximum Gasteiger partial charge on any atom is 0.450 e. The summed E-state index contributed by atoms with van der Waals surface area (Å²) in [5.41, 5.74) is 2.16. The van der Waals surface area contributed by atoms with E-state index in [9.17, 15) is 18.0 Å². The highest BCUT2D eigenvalue weighted by atomic mass is 19.4. The van der Waals surface area contributed by atoms with E-state index < -0.39 is 24.3 Å². The fourth-order valence-corrected chi connectivity index (χ4v) is 2.21. The van der Waals surface area contributed by atoms with Crippen molar-refractivity contribution in [3.63, 3.8) is 0 Å². The molecular formula is C19H15F3O. The molecule has 0 saturated carbocycles. The van der Waals surface area contributed by atoms with Gasteiger partial charge in [0.2, 0.25) is 5.78 Å². The second-order valence-corrected chi connectivity index (χ2v) is 5.17. The summed E-state index contributed by atoms with van der Waals surface area (Å²) in [4.78, 5) is 11.4. The van der Waals surface area contributed by atoms with E-state index in [1.165, 1.54) is 0 Å². The maximum absolute atomic E-state index is 12.6. The van der Waals surface area contributed by atoms with E-state index in [4.69, 9.17) is 0 Å². The summed E-state index contributed by atoms with van der Waals surface area (Å²) in [5, 5.41) is 0. The monoisotopic (exact) mass is 316 g/mol. The Hall–Kier alpha value is -2.54. The molecule has 0 radical (unpaired) electrons. The van der Waals surface area contributed by atoms with Crippen molar-refractivity contribution in [2.24, 2.45) is 0 Å². The lowest BCUT2D eigenvalue weighted by molar-refractivity contribution is -0.171. The Kier molecular flexibility index (Phi) is 5.23. The number of halogens is 3. The first-order valence-electron chi connectivity index (χ1n) is 7.10. The van der Waals surface area contributed by atoms with Gasteiger partial charge >= 0.3 is 6.18 Å². The zero-order chi connectivity index (χ0) is 16.9. The average molecular weight is 316 g/mol. The van der Waals surface area contributed by atoms with Crippen molar-refractivity contribution in [3.05, 3.63) is 71.3 Å². The molecule has 0 heterocycles. The van der Waals surface area contributed by atoms with Crippen LogP contribution in [0, 0.1) is 18.8 Å². The molecule has 0 bridgehead atoms. The predicted molar refractivity (Wildman–Crippen MR) is 82.9 cm³/mol. The molecule has 0 aliphatic heterocycles. The Morgan fingerprint density at radius 1 is 1.04 bits per heavy atom. The summed E-state index contributed by atoms with van der Waals surface area (Å²) >= 11 is 0. The van der Waals surface area contributed by atoms with E-state index in [0.29, 0.717) is 11.1 Å². The van der Waals surface area contributed by atoms with Gasteiger partial charge in [0, 0.05) is 12.0 Å². The van der Waals surface area contributed by atoms with Crippen LogP contribution in [0.15, 0.2) is 54.6 Å². The van der Waals surface area contributed by atoms with Crippen LogP contribution in [0.2, 0.25) is 0 Å². The molecule has 2 aromatic rings. The first-order chi connectivity index (χ1) is 10.9. The van der Waals surface area contributed by atoms with Gasteiger partial charge in [0.15, 0.2) is 0 Å². The number of ketones is 1. The summed E-state index contributed by atoms with van der Waals surface area (Å²) in [6, 6.07) is 16.0. The number of carbonyl (C=O) groups is 1. The lowest BCUT2D eigenvalue weighted by Crippen LogP contribution is -2.24. The minimum atomic E-state index is -4.84. The number of Topliss-reactive ketones (excluding diaryl/α,β-unsaturated/α-hetero) is 1. The van der Waals surface area contributed by atoms with Crippen molar-refractivity contribution in [1.82, 2.24) is 0 Å². The van der Waals surface area contributed by atoms with E-state index in [1.54, 1.807) is 55.5 Å². The Morgan fingerprint density at radius 2 is 1.65 bits per heavy atom. The van der Waals surface area contributed by atoms with E-state index in [-0.39, 0.29) is 0 Å². The standard InChI is InChI=1S/C19H15F3O/c1-14-7-5-6-10-17(14)16(13-18(23)19(20,21)22)12-11-15-8-3-2-4-9-15/h2-10,16H,13H2,1H3/t16-/m0/s1. The second kappa shape index (κ2) is 7.15. The lowest BCUT2D eigenvalue weighted by Gasteiger charge is -2.14. The van der Waals surface area contributed by atoms with E-state index in [2.05, 4.69) is 11.8 Å². The molecule has 0 fully saturated rings. The van der Waals surface area contributed by atoms with Gasteiger partial charge in [-0.3, -0.25) is 4.79 Å². The van der Waals surface area contributed by atoms with Gasteiger partial charge in [-0.05, 0) is 30.2 Å². The topological polar surface area (TPSA) is 17.1 Å². The Labute approximate surface area is 133 Å². The molecule has 118 valence electrons. The van der Waals surface area contributed by atoms with Crippen molar-refractivity contribution in [2.75, 3.05) is 0 Å². The summed E-state index contributed by atoms with van der Waals surface area (Å²) in [5.74, 6) is 3.14. The lowest BCUT2D eigenvalue weighted by atomic mass is 9.90. The third-order valence-electron chi connectivity index (χ3n) is 3.43. The van der Waals surface area contributed by atoms with Gasteiger partial charge in [-0.25, -0.2) is 0 Å². The third kappa shape index (κ3) is 4.72. The Bertz CT molecular complexity index is 736. The smallest absolute Gasteiger partial charge is 0.290 e. The molecule has 0 aromatic heterocycles. The Morgan fingerprint density at radius 3 is 2.26 bits per heavy atom. The second-order valence-electron chi connectivity index (χ2n) is 5.17. The van der Waals surface area contributed by atoms with E-state index in [1.807, 2.05) is 6.07 Å². The summed E-state index contributed by atoms with van der Waals surface area (Å²) in [6.45, 7) is 1.80. The van der Waals surface area contributed by atoms with Crippen LogP contribution in [0.3, 0.4) is 0 Å². The van der Waals surface area contributed by atoms with Crippen LogP contribution in [-0.4, -0.2) is 12.0 Å². The minimum absolute atomic E-state index is 0.647. The van der Waals surface area contributed by atoms with Crippen LogP contribution < -0.4 is 0 Å². The zero-order valence-corrected chi connectivity index (χ0v) is 12.5. The van der Waals surface area contributed by atoms with Crippen LogP contribution in [0.25, 0.3) is 0 Å². The highest BCUT2D eigenvalue weighted by Gasteiger charge is 2.39. The molecule has 2 rings (SSSR count). The molecule has 0 amide bonds. The average Bonchev–Trinajstić information content (AvgIpc) is 2.52. The van der Waals surface area contributed by atoms with Crippen LogP contribution in [-0.2, 0) is 4.79 Å². The zero-order valence-electron chi connectivity index (χ0n) is 12.5. The first-order valence-corrected chi connectivity index (χ1v) is 7.10. The predicted octanol–water partition coefficient (Wildman–Crippen LogP) is 4.65. The number of benzene rings is 2. The number of rotatable bonds is 3. The Balaban J connectivity index is 2.35. The van der Waals surface area contributed by atoms with Crippen LogP contribution in [0.4, 0.5) is 13.2 Å². The summed E-state index contributed by atoms with van der Waals surface area (Å²) in [7, 11) is 0. The van der Waals surface area contributed by atoms with Gasteiger partial charge in [0.25, 0.3) is 0 Å². The molecule has 0 saturated heterocycles. The van der Waals surface area contributed by atoms with Crippen molar-refractivity contribution in [1.29, 1.82) is 0 Å². The molecule has 0 aliphatic rings. The first kappa shape index (κ1) is 16.8. The fourth-order valence-electron chi connectivity index (χ4n) is 2.21. The molecule has 0 unspecified atom stereocenters. The highest BCUT2D eigenvalue weighted by molar-refractivity contribution is 5.85. The minimum Gasteiger partial charge on any atom is -0.290 e. The van der Waals surface area contributed by atoms with E-state index in [0.717, 1.165) is 5.56 Å². The fraction of sp³-hybridized carbons (Fsp3) is 0.211. The molecule has 2 aromatic carbocycles. The third-order valence-corrected chi connectivity index (χ3v) is 3.43. The molecule has 4 heteroatoms. The maximum atomic E-state index is 12.6. The van der Waals surface area contributed by atoms with E-state index >= 15 is 0 Å². The molecule has 0 N–H and O–H groups in total. The molecule has 1 nitrogen and oxygen atoms in total. The van der Waals surface area contributed by atoms with Gasteiger partial charge in [-0.1, -0.05) is 54.3 Å². The molecule has 23 heavy (non-hydrogen) atoms. The number of hydrogen-bond donors (Lipinski definition) is 0.